The molecule has 1 amide bonds. The van der Waals surface area contributed by atoms with Crippen LogP contribution in [0.5, 0.6) is 0 Å². The van der Waals surface area contributed by atoms with Gasteiger partial charge in [0.05, 0.1) is 12.1 Å². The third-order valence-electron chi connectivity index (χ3n) is 2.47. The van der Waals surface area contributed by atoms with E-state index in [4.69, 9.17) is 5.11 Å². The quantitative estimate of drug-likeness (QED) is 0.524. The smallest absolute Gasteiger partial charge is 0.246 e. The highest BCUT2D eigenvalue weighted by Gasteiger charge is 2.22. The molecule has 0 aromatic heterocycles. The van der Waals surface area contributed by atoms with Gasteiger partial charge in [0.15, 0.2) is 0 Å². The zero-order valence-corrected chi connectivity index (χ0v) is 7.70. The van der Waals surface area contributed by atoms with E-state index < -0.39 is 18.6 Å². The van der Waals surface area contributed by atoms with Crippen LogP contribution in [0.15, 0.2) is 0 Å². The fourth-order valence-electron chi connectivity index (χ4n) is 1.71. The normalized spacial score (nSPS) is 29.4. The Morgan fingerprint density at radius 3 is 2.69 bits per heavy atom. The molecule has 0 saturated heterocycles. The Hall–Kier alpha value is -0.610. The molecule has 1 aliphatic carbocycles. The Bertz CT molecular complexity index is 172. The third kappa shape index (κ3) is 3.32. The lowest BCUT2D eigenvalue weighted by molar-refractivity contribution is -0.125. The molecule has 4 heteroatoms. The van der Waals surface area contributed by atoms with Crippen LogP contribution < -0.4 is 5.32 Å². The van der Waals surface area contributed by atoms with E-state index in [1.54, 1.807) is 0 Å². The number of carbonyl (C=O) groups excluding carboxylic acids is 1. The van der Waals surface area contributed by atoms with Gasteiger partial charge in [0.2, 0.25) is 5.91 Å². The van der Waals surface area contributed by atoms with Crippen LogP contribution in [0, 0.1) is 0 Å². The maximum absolute atomic E-state index is 10.9. The number of hydrogen-bond acceptors (Lipinski definition) is 3. The van der Waals surface area contributed by atoms with Crippen LogP contribution in [0.3, 0.4) is 0 Å². The summed E-state index contributed by atoms with van der Waals surface area (Å²) in [5, 5.41) is 20.7. The minimum atomic E-state index is -0.497. The Labute approximate surface area is 78.0 Å². The molecule has 4 nitrogen and oxygen atoms in total. The summed E-state index contributed by atoms with van der Waals surface area (Å²) in [6, 6.07) is -0.165. The van der Waals surface area contributed by atoms with Crippen LogP contribution in [-0.4, -0.2) is 34.9 Å². The van der Waals surface area contributed by atoms with Crippen molar-refractivity contribution in [2.45, 2.75) is 44.2 Å². The van der Waals surface area contributed by atoms with E-state index in [1.807, 2.05) is 0 Å². The monoisotopic (exact) mass is 187 g/mol. The molecule has 1 fully saturated rings. The molecule has 0 aromatic carbocycles. The number of rotatable bonds is 2. The van der Waals surface area contributed by atoms with Gasteiger partial charge in [0, 0.05) is 0 Å². The fourth-order valence-corrected chi connectivity index (χ4v) is 1.71. The summed E-state index contributed by atoms with van der Waals surface area (Å²) in [5.41, 5.74) is 0. The van der Waals surface area contributed by atoms with Crippen molar-refractivity contribution in [3.63, 3.8) is 0 Å². The molecule has 1 rings (SSSR count). The first-order valence-corrected chi connectivity index (χ1v) is 4.82. The van der Waals surface area contributed by atoms with E-state index in [0.717, 1.165) is 32.1 Å². The van der Waals surface area contributed by atoms with Crippen molar-refractivity contribution in [3.8, 4) is 0 Å². The van der Waals surface area contributed by atoms with Crippen molar-refractivity contribution >= 4 is 5.91 Å². The second-order valence-corrected chi connectivity index (χ2v) is 3.54. The maximum atomic E-state index is 10.9. The summed E-state index contributed by atoms with van der Waals surface area (Å²) >= 11 is 0. The molecule has 0 unspecified atom stereocenters. The summed E-state index contributed by atoms with van der Waals surface area (Å²) in [6.07, 6.45) is 4.28. The first-order chi connectivity index (χ1) is 6.24. The van der Waals surface area contributed by atoms with E-state index >= 15 is 0 Å². The number of nitrogens with one attached hydrogen (secondary N) is 1. The lowest BCUT2D eigenvalue weighted by Crippen LogP contribution is -2.43. The number of hydrogen-bond donors (Lipinski definition) is 3. The highest BCUT2D eigenvalue weighted by molar-refractivity contribution is 5.77. The molecule has 13 heavy (non-hydrogen) atoms. The minimum absolute atomic E-state index is 0.165. The minimum Gasteiger partial charge on any atom is -0.391 e. The number of carbonyl (C=O) groups is 1. The Kier molecular flexibility index (Phi) is 4.18. The van der Waals surface area contributed by atoms with Gasteiger partial charge in [-0.1, -0.05) is 19.3 Å². The van der Waals surface area contributed by atoms with Crippen LogP contribution in [0.4, 0.5) is 0 Å². The van der Waals surface area contributed by atoms with Crippen LogP contribution in [0.1, 0.15) is 32.1 Å². The second kappa shape index (κ2) is 5.19. The van der Waals surface area contributed by atoms with E-state index in [0.29, 0.717) is 0 Å². The lowest BCUT2D eigenvalue weighted by Gasteiger charge is -2.21. The zero-order valence-electron chi connectivity index (χ0n) is 7.70. The molecule has 0 bridgehead atoms. The highest BCUT2D eigenvalue weighted by Crippen LogP contribution is 2.17. The second-order valence-electron chi connectivity index (χ2n) is 3.54. The van der Waals surface area contributed by atoms with Crippen LogP contribution in [0.2, 0.25) is 0 Å². The van der Waals surface area contributed by atoms with Gasteiger partial charge in [0.25, 0.3) is 0 Å². The van der Waals surface area contributed by atoms with Gasteiger partial charge in [0.1, 0.15) is 6.61 Å². The summed E-state index contributed by atoms with van der Waals surface area (Å²) < 4.78 is 0. The zero-order chi connectivity index (χ0) is 9.68. The van der Waals surface area contributed by atoms with E-state index in [-0.39, 0.29) is 6.04 Å². The molecule has 2 atom stereocenters. The van der Waals surface area contributed by atoms with Gasteiger partial charge in [-0.3, -0.25) is 4.79 Å². The van der Waals surface area contributed by atoms with Gasteiger partial charge in [-0.05, 0) is 12.8 Å². The van der Waals surface area contributed by atoms with Crippen LogP contribution in [-0.2, 0) is 4.79 Å². The van der Waals surface area contributed by atoms with Crippen molar-refractivity contribution in [2.24, 2.45) is 0 Å². The Morgan fingerprint density at radius 1 is 1.31 bits per heavy atom. The molecule has 0 heterocycles. The van der Waals surface area contributed by atoms with Crippen molar-refractivity contribution in [3.05, 3.63) is 0 Å². The molecule has 0 aromatic rings. The fraction of sp³-hybridized carbons (Fsp3) is 0.889. The SMILES string of the molecule is O=C(CO)N[C@@H]1CCCCC[C@H]1O. The Balaban J connectivity index is 2.40. The highest BCUT2D eigenvalue weighted by atomic mass is 16.3. The molecular weight excluding hydrogens is 170 g/mol. The standard InChI is InChI=1S/C9H17NO3/c11-6-9(13)10-7-4-2-1-3-5-8(7)12/h7-8,11-12H,1-6H2,(H,10,13)/t7-,8-/m1/s1. The van der Waals surface area contributed by atoms with Gasteiger partial charge < -0.3 is 15.5 Å². The van der Waals surface area contributed by atoms with Crippen molar-refractivity contribution in [2.75, 3.05) is 6.61 Å². The van der Waals surface area contributed by atoms with Gasteiger partial charge >= 0.3 is 0 Å². The third-order valence-corrected chi connectivity index (χ3v) is 2.47. The van der Waals surface area contributed by atoms with Crippen molar-refractivity contribution in [1.29, 1.82) is 0 Å². The van der Waals surface area contributed by atoms with Gasteiger partial charge in [-0.15, -0.1) is 0 Å². The molecule has 1 saturated carbocycles. The average Bonchev–Trinajstić information content (AvgIpc) is 2.32. The number of aliphatic hydroxyl groups is 2. The average molecular weight is 187 g/mol. The van der Waals surface area contributed by atoms with Crippen molar-refractivity contribution < 1.29 is 15.0 Å². The molecule has 76 valence electrons. The molecule has 0 radical (unpaired) electrons. The van der Waals surface area contributed by atoms with E-state index in [2.05, 4.69) is 5.32 Å². The van der Waals surface area contributed by atoms with E-state index in [9.17, 15) is 9.90 Å². The number of aliphatic hydroxyl groups excluding tert-OH is 2. The summed E-state index contributed by atoms with van der Waals surface area (Å²) in [7, 11) is 0. The molecule has 3 N–H and O–H groups in total. The predicted molar refractivity (Wildman–Crippen MR) is 48.1 cm³/mol. The molecular formula is C9H17NO3. The number of amides is 1. The summed E-state index contributed by atoms with van der Waals surface area (Å²) in [5.74, 6) is -0.397. The first kappa shape index (κ1) is 10.5. The summed E-state index contributed by atoms with van der Waals surface area (Å²) in [4.78, 5) is 10.9. The largest absolute Gasteiger partial charge is 0.391 e. The predicted octanol–water partition coefficient (Wildman–Crippen LogP) is -0.212. The van der Waals surface area contributed by atoms with E-state index in [1.165, 1.54) is 0 Å². The Morgan fingerprint density at radius 2 is 2.00 bits per heavy atom. The summed E-state index contributed by atoms with van der Waals surface area (Å²) in [6.45, 7) is -0.497. The molecule has 0 spiro atoms. The lowest BCUT2D eigenvalue weighted by atomic mass is 10.1. The van der Waals surface area contributed by atoms with Gasteiger partial charge in [-0.2, -0.15) is 0 Å². The maximum Gasteiger partial charge on any atom is 0.246 e. The van der Waals surface area contributed by atoms with Gasteiger partial charge in [-0.25, -0.2) is 0 Å². The van der Waals surface area contributed by atoms with Crippen LogP contribution in [0.25, 0.3) is 0 Å². The van der Waals surface area contributed by atoms with Crippen molar-refractivity contribution in [1.82, 2.24) is 5.32 Å². The first-order valence-electron chi connectivity index (χ1n) is 4.82. The molecule has 0 aliphatic heterocycles. The topological polar surface area (TPSA) is 69.6 Å². The van der Waals surface area contributed by atoms with Crippen LogP contribution >= 0.6 is 0 Å². The molecule has 1 aliphatic rings.